The maximum atomic E-state index is 13.5. The Kier molecular flexibility index (Phi) is 6.32. The maximum absolute atomic E-state index is 13.5. The van der Waals surface area contributed by atoms with E-state index in [2.05, 4.69) is 22.0 Å². The molecule has 4 heterocycles. The molecule has 1 atom stereocenters. The number of hydrogen-bond donors (Lipinski definition) is 0. The van der Waals surface area contributed by atoms with E-state index in [1.165, 1.54) is 15.6 Å². The normalized spacial score (nSPS) is 23.2. The fourth-order valence-corrected chi connectivity index (χ4v) is 7.72. The van der Waals surface area contributed by atoms with E-state index in [1.54, 1.807) is 6.07 Å². The van der Waals surface area contributed by atoms with Crippen LogP contribution in [0.2, 0.25) is 0 Å². The summed E-state index contributed by atoms with van der Waals surface area (Å²) in [5, 5.41) is 4.06. The van der Waals surface area contributed by atoms with Crippen molar-refractivity contribution in [3.8, 4) is 10.7 Å². The van der Waals surface area contributed by atoms with Gasteiger partial charge in [0.05, 0.1) is 15.7 Å². The number of amides is 1. The Balaban J connectivity index is 1.30. The van der Waals surface area contributed by atoms with E-state index in [4.69, 9.17) is 4.52 Å². The zero-order valence-electron chi connectivity index (χ0n) is 19.2. The van der Waals surface area contributed by atoms with Crippen LogP contribution in [0, 0.1) is 12.8 Å². The average molecular weight is 494 g/mol. The molecule has 180 valence electrons. The molecule has 0 bridgehead atoms. The monoisotopic (exact) mass is 493 g/mol. The average Bonchev–Trinajstić information content (AvgIpc) is 3.43. The predicted molar refractivity (Wildman–Crippen MR) is 124 cm³/mol. The lowest BCUT2D eigenvalue weighted by atomic mass is 9.98. The summed E-state index contributed by atoms with van der Waals surface area (Å²) in [7, 11) is -3.71. The summed E-state index contributed by atoms with van der Waals surface area (Å²) in [6.07, 6.45) is 3.55. The van der Waals surface area contributed by atoms with Gasteiger partial charge in [0.1, 0.15) is 0 Å². The molecule has 2 aromatic rings. The van der Waals surface area contributed by atoms with Crippen LogP contribution in [-0.2, 0) is 14.8 Å². The second-order valence-corrected chi connectivity index (χ2v) is 12.4. The molecule has 5 rings (SSSR count). The number of rotatable bonds is 6. The number of aryl methyl sites for hydroxylation is 1. The summed E-state index contributed by atoms with van der Waals surface area (Å²) in [6.45, 7) is 8.81. The molecular weight excluding hydrogens is 462 g/mol. The summed E-state index contributed by atoms with van der Waals surface area (Å²) < 4.78 is 33.9. The first-order valence-corrected chi connectivity index (χ1v) is 14.1. The van der Waals surface area contributed by atoms with Crippen LogP contribution in [0.25, 0.3) is 10.7 Å². The number of sulfonamides is 1. The Morgan fingerprint density at radius 1 is 1.18 bits per heavy atom. The van der Waals surface area contributed by atoms with E-state index < -0.39 is 10.0 Å². The van der Waals surface area contributed by atoms with Gasteiger partial charge in [-0.25, -0.2) is 8.42 Å². The molecule has 1 unspecified atom stereocenters. The van der Waals surface area contributed by atoms with Crippen LogP contribution in [-0.4, -0.2) is 84.4 Å². The standard InChI is InChI=1S/C22H31N5O4S2/c1-3-25-9-11-26(12-10-25)22(28)17-5-4-8-27(14-17)33(29,30)19-13-18(32-15(19)2)20-23-21(31-24-20)16-6-7-16/h13,16-17H,3-12,14H2,1-2H3. The minimum Gasteiger partial charge on any atom is -0.340 e. The third-order valence-corrected chi connectivity index (χ3v) is 10.1. The number of thiophene rings is 1. The number of hydrogen-bond acceptors (Lipinski definition) is 8. The molecule has 33 heavy (non-hydrogen) atoms. The third kappa shape index (κ3) is 4.60. The van der Waals surface area contributed by atoms with Crippen LogP contribution in [0.15, 0.2) is 15.5 Å². The predicted octanol–water partition coefficient (Wildman–Crippen LogP) is 2.55. The van der Waals surface area contributed by atoms with Gasteiger partial charge in [-0.3, -0.25) is 4.79 Å². The molecule has 1 aliphatic carbocycles. The minimum atomic E-state index is -3.71. The van der Waals surface area contributed by atoms with Crippen LogP contribution in [0.3, 0.4) is 0 Å². The molecule has 2 saturated heterocycles. The molecule has 1 saturated carbocycles. The molecule has 1 amide bonds. The maximum Gasteiger partial charge on any atom is 0.244 e. The molecule has 0 aromatic carbocycles. The number of nitrogens with zero attached hydrogens (tertiary/aromatic N) is 5. The third-order valence-electron chi connectivity index (χ3n) is 6.94. The van der Waals surface area contributed by atoms with Gasteiger partial charge in [-0.1, -0.05) is 12.1 Å². The molecule has 0 N–H and O–H groups in total. The van der Waals surface area contributed by atoms with Crippen LogP contribution in [0.4, 0.5) is 0 Å². The van der Waals surface area contributed by atoms with Gasteiger partial charge in [-0.15, -0.1) is 11.3 Å². The molecule has 2 aromatic heterocycles. The highest BCUT2D eigenvalue weighted by Gasteiger charge is 2.37. The minimum absolute atomic E-state index is 0.0905. The molecule has 9 nitrogen and oxygen atoms in total. The molecule has 0 spiro atoms. The van der Waals surface area contributed by atoms with E-state index in [1.807, 2.05) is 11.8 Å². The van der Waals surface area contributed by atoms with E-state index >= 15 is 0 Å². The summed E-state index contributed by atoms with van der Waals surface area (Å²) in [5.41, 5.74) is 0. The fourth-order valence-electron chi connectivity index (χ4n) is 4.71. The Morgan fingerprint density at radius 2 is 1.94 bits per heavy atom. The van der Waals surface area contributed by atoms with Gasteiger partial charge in [0.2, 0.25) is 27.6 Å². The summed E-state index contributed by atoms with van der Waals surface area (Å²) in [4.78, 5) is 23.5. The van der Waals surface area contributed by atoms with Gasteiger partial charge in [0.25, 0.3) is 0 Å². The Bertz CT molecular complexity index is 1120. The lowest BCUT2D eigenvalue weighted by molar-refractivity contribution is -0.138. The van der Waals surface area contributed by atoms with Crippen molar-refractivity contribution in [2.75, 3.05) is 45.8 Å². The second-order valence-electron chi connectivity index (χ2n) is 9.22. The van der Waals surface area contributed by atoms with Crippen LogP contribution in [0.5, 0.6) is 0 Å². The van der Waals surface area contributed by atoms with Crippen molar-refractivity contribution in [1.82, 2.24) is 24.2 Å². The molecular formula is C22H31N5O4S2. The lowest BCUT2D eigenvalue weighted by Gasteiger charge is -2.38. The number of piperidine rings is 1. The lowest BCUT2D eigenvalue weighted by Crippen LogP contribution is -2.52. The summed E-state index contributed by atoms with van der Waals surface area (Å²) in [6, 6.07) is 1.66. The highest BCUT2D eigenvalue weighted by molar-refractivity contribution is 7.89. The second kappa shape index (κ2) is 9.09. The van der Waals surface area contributed by atoms with Crippen molar-refractivity contribution >= 4 is 27.3 Å². The Morgan fingerprint density at radius 3 is 2.64 bits per heavy atom. The number of carbonyl (C=O) groups excluding carboxylic acids is 1. The topological polar surface area (TPSA) is 99.8 Å². The van der Waals surface area contributed by atoms with Crippen molar-refractivity contribution in [3.63, 3.8) is 0 Å². The molecule has 3 aliphatic rings. The zero-order valence-corrected chi connectivity index (χ0v) is 20.8. The van der Waals surface area contributed by atoms with Crippen molar-refractivity contribution in [3.05, 3.63) is 16.8 Å². The quantitative estimate of drug-likeness (QED) is 0.610. The van der Waals surface area contributed by atoms with Crippen LogP contribution in [0.1, 0.15) is 49.3 Å². The Labute approximate surface area is 198 Å². The van der Waals surface area contributed by atoms with Crippen LogP contribution < -0.4 is 0 Å². The van der Waals surface area contributed by atoms with Gasteiger partial charge in [0, 0.05) is 50.1 Å². The van der Waals surface area contributed by atoms with Gasteiger partial charge < -0.3 is 14.3 Å². The largest absolute Gasteiger partial charge is 0.340 e. The van der Waals surface area contributed by atoms with Crippen LogP contribution >= 0.6 is 11.3 Å². The van der Waals surface area contributed by atoms with Crippen molar-refractivity contribution < 1.29 is 17.7 Å². The van der Waals surface area contributed by atoms with E-state index in [0.717, 1.165) is 52.0 Å². The van der Waals surface area contributed by atoms with Gasteiger partial charge in [0.15, 0.2) is 0 Å². The molecule has 2 aliphatic heterocycles. The highest BCUT2D eigenvalue weighted by Crippen LogP contribution is 2.41. The van der Waals surface area contributed by atoms with Crippen molar-refractivity contribution in [2.45, 2.75) is 50.3 Å². The molecule has 11 heteroatoms. The molecule has 3 fully saturated rings. The smallest absolute Gasteiger partial charge is 0.244 e. The number of piperazine rings is 1. The highest BCUT2D eigenvalue weighted by atomic mass is 32.2. The number of carbonyl (C=O) groups is 1. The zero-order chi connectivity index (χ0) is 23.2. The molecule has 0 radical (unpaired) electrons. The van der Waals surface area contributed by atoms with Crippen molar-refractivity contribution in [1.29, 1.82) is 0 Å². The number of aromatic nitrogens is 2. The van der Waals surface area contributed by atoms with E-state index in [0.29, 0.717) is 40.4 Å². The first kappa shape index (κ1) is 22.9. The number of likely N-dealkylation sites (N-methyl/N-ethyl adjacent to an activating group) is 1. The first-order chi connectivity index (χ1) is 15.9. The summed E-state index contributed by atoms with van der Waals surface area (Å²) >= 11 is 1.37. The van der Waals surface area contributed by atoms with Crippen molar-refractivity contribution in [2.24, 2.45) is 5.92 Å². The van der Waals surface area contributed by atoms with Gasteiger partial charge in [-0.2, -0.15) is 9.29 Å². The SMILES string of the molecule is CCN1CCN(C(=O)C2CCCN(S(=O)(=O)c3cc(-c4noc(C5CC5)n4)sc3C)C2)CC1. The summed E-state index contributed by atoms with van der Waals surface area (Å²) in [5.74, 6) is 1.25. The first-order valence-electron chi connectivity index (χ1n) is 11.8. The fraction of sp³-hybridized carbons (Fsp3) is 0.682. The van der Waals surface area contributed by atoms with E-state index in [9.17, 15) is 13.2 Å². The van der Waals surface area contributed by atoms with Gasteiger partial charge in [-0.05, 0) is 45.2 Å². The Hall–Kier alpha value is -1.82. The van der Waals surface area contributed by atoms with E-state index in [-0.39, 0.29) is 23.3 Å². The van der Waals surface area contributed by atoms with Gasteiger partial charge >= 0.3 is 0 Å².